The Morgan fingerprint density at radius 3 is 2.79 bits per heavy atom. The maximum Gasteiger partial charge on any atom is 0.325 e. The van der Waals surface area contributed by atoms with Gasteiger partial charge in [-0.05, 0) is 31.2 Å². The van der Waals surface area contributed by atoms with Gasteiger partial charge in [-0.25, -0.2) is 4.68 Å². The lowest BCUT2D eigenvalue weighted by molar-refractivity contribution is -0.138. The van der Waals surface area contributed by atoms with Gasteiger partial charge in [0.1, 0.15) is 6.04 Å². The fraction of sp³-hybridized carbons (Fsp3) is 0.154. The van der Waals surface area contributed by atoms with Crippen LogP contribution in [0.15, 0.2) is 42.7 Å². The Balaban J connectivity index is 2.19. The molecule has 19 heavy (non-hydrogen) atoms. The van der Waals surface area contributed by atoms with E-state index < -0.39 is 17.9 Å². The van der Waals surface area contributed by atoms with Crippen LogP contribution in [0.3, 0.4) is 0 Å². The maximum atomic E-state index is 11.9. The lowest BCUT2D eigenvalue weighted by atomic mass is 10.1. The molecule has 1 heterocycles. The van der Waals surface area contributed by atoms with Crippen molar-refractivity contribution in [1.29, 1.82) is 0 Å². The number of rotatable bonds is 4. The van der Waals surface area contributed by atoms with E-state index in [-0.39, 0.29) is 0 Å². The second-order valence-electron chi connectivity index (χ2n) is 4.03. The van der Waals surface area contributed by atoms with Gasteiger partial charge in [0.15, 0.2) is 0 Å². The van der Waals surface area contributed by atoms with E-state index >= 15 is 0 Å². The van der Waals surface area contributed by atoms with Crippen LogP contribution in [0.2, 0.25) is 0 Å². The number of benzene rings is 1. The van der Waals surface area contributed by atoms with Gasteiger partial charge in [-0.3, -0.25) is 9.59 Å². The summed E-state index contributed by atoms with van der Waals surface area (Å²) in [7, 11) is 0. The molecule has 0 saturated heterocycles. The molecule has 0 bridgehead atoms. The van der Waals surface area contributed by atoms with E-state index in [1.807, 2.05) is 6.07 Å². The van der Waals surface area contributed by atoms with Crippen LogP contribution < -0.4 is 5.32 Å². The maximum absolute atomic E-state index is 11.9. The zero-order valence-electron chi connectivity index (χ0n) is 10.3. The molecular formula is C13H13N3O3. The number of aliphatic carboxylic acids is 1. The quantitative estimate of drug-likeness (QED) is 0.860. The smallest absolute Gasteiger partial charge is 0.325 e. The summed E-state index contributed by atoms with van der Waals surface area (Å²) in [5.41, 5.74) is 1.13. The number of amides is 1. The minimum Gasteiger partial charge on any atom is -0.480 e. The lowest BCUT2D eigenvalue weighted by Gasteiger charge is -2.10. The zero-order valence-corrected chi connectivity index (χ0v) is 10.3. The Morgan fingerprint density at radius 1 is 1.37 bits per heavy atom. The van der Waals surface area contributed by atoms with Gasteiger partial charge in [0.25, 0.3) is 5.91 Å². The first-order valence-electron chi connectivity index (χ1n) is 5.71. The number of carboxylic acid groups (broad SMARTS) is 1. The van der Waals surface area contributed by atoms with E-state index in [4.69, 9.17) is 5.11 Å². The fourth-order valence-electron chi connectivity index (χ4n) is 1.55. The minimum absolute atomic E-state index is 0.390. The number of hydrogen-bond acceptors (Lipinski definition) is 3. The third-order valence-electron chi connectivity index (χ3n) is 2.60. The Labute approximate surface area is 109 Å². The second kappa shape index (κ2) is 5.34. The van der Waals surface area contributed by atoms with Crippen molar-refractivity contribution in [1.82, 2.24) is 15.1 Å². The van der Waals surface area contributed by atoms with Crippen LogP contribution in [0.25, 0.3) is 5.69 Å². The van der Waals surface area contributed by atoms with Crippen LogP contribution in [0.4, 0.5) is 0 Å². The van der Waals surface area contributed by atoms with Crippen molar-refractivity contribution in [2.75, 3.05) is 0 Å². The highest BCUT2D eigenvalue weighted by atomic mass is 16.4. The number of nitrogens with one attached hydrogen (secondary N) is 1. The van der Waals surface area contributed by atoms with Gasteiger partial charge < -0.3 is 10.4 Å². The number of hydrogen-bond donors (Lipinski definition) is 2. The Hall–Kier alpha value is -2.63. The van der Waals surface area contributed by atoms with Crippen LogP contribution >= 0.6 is 0 Å². The van der Waals surface area contributed by atoms with Gasteiger partial charge >= 0.3 is 5.97 Å². The molecule has 1 amide bonds. The summed E-state index contributed by atoms with van der Waals surface area (Å²) in [6, 6.07) is 7.65. The van der Waals surface area contributed by atoms with Crippen molar-refractivity contribution < 1.29 is 14.7 Å². The van der Waals surface area contributed by atoms with E-state index in [2.05, 4.69) is 10.4 Å². The van der Waals surface area contributed by atoms with Gasteiger partial charge in [-0.2, -0.15) is 5.10 Å². The van der Waals surface area contributed by atoms with E-state index in [9.17, 15) is 9.59 Å². The van der Waals surface area contributed by atoms with Gasteiger partial charge in [0, 0.05) is 18.0 Å². The first-order chi connectivity index (χ1) is 9.08. The molecule has 1 atom stereocenters. The number of carboxylic acids is 1. The molecule has 1 aromatic carbocycles. The number of carbonyl (C=O) groups is 2. The first-order valence-corrected chi connectivity index (χ1v) is 5.71. The number of aromatic nitrogens is 2. The normalized spacial score (nSPS) is 11.8. The first kappa shape index (κ1) is 12.8. The molecule has 1 aromatic heterocycles. The molecule has 0 aliphatic heterocycles. The zero-order chi connectivity index (χ0) is 13.8. The van der Waals surface area contributed by atoms with Crippen LogP contribution in [-0.2, 0) is 4.79 Å². The number of nitrogens with zero attached hydrogens (tertiary/aromatic N) is 2. The van der Waals surface area contributed by atoms with Gasteiger partial charge in [-0.15, -0.1) is 0 Å². The second-order valence-corrected chi connectivity index (χ2v) is 4.03. The van der Waals surface area contributed by atoms with E-state index in [1.165, 1.54) is 6.92 Å². The molecular weight excluding hydrogens is 246 g/mol. The largest absolute Gasteiger partial charge is 0.480 e. The molecule has 6 nitrogen and oxygen atoms in total. The topological polar surface area (TPSA) is 84.2 Å². The summed E-state index contributed by atoms with van der Waals surface area (Å²) in [6.07, 6.45) is 3.40. The van der Waals surface area contributed by atoms with E-state index in [0.29, 0.717) is 5.56 Å². The monoisotopic (exact) mass is 259 g/mol. The summed E-state index contributed by atoms with van der Waals surface area (Å²) in [5.74, 6) is -1.50. The Morgan fingerprint density at radius 2 is 2.16 bits per heavy atom. The summed E-state index contributed by atoms with van der Waals surface area (Å²) < 4.78 is 1.62. The molecule has 6 heteroatoms. The van der Waals surface area contributed by atoms with E-state index in [1.54, 1.807) is 41.3 Å². The summed E-state index contributed by atoms with van der Waals surface area (Å²) in [5, 5.41) is 15.2. The highest BCUT2D eigenvalue weighted by Crippen LogP contribution is 2.09. The summed E-state index contributed by atoms with van der Waals surface area (Å²) in [4.78, 5) is 22.6. The molecule has 0 unspecified atom stereocenters. The third-order valence-corrected chi connectivity index (χ3v) is 2.60. The predicted octanol–water partition coefficient (Wildman–Crippen LogP) is 1.08. The van der Waals surface area contributed by atoms with Crippen molar-refractivity contribution >= 4 is 11.9 Å². The van der Waals surface area contributed by atoms with E-state index in [0.717, 1.165) is 5.69 Å². The van der Waals surface area contributed by atoms with Crippen LogP contribution in [0.1, 0.15) is 17.3 Å². The molecule has 0 spiro atoms. The highest BCUT2D eigenvalue weighted by Gasteiger charge is 2.15. The van der Waals surface area contributed by atoms with Gasteiger partial charge in [0.05, 0.1) is 5.69 Å². The molecule has 2 rings (SSSR count). The van der Waals surface area contributed by atoms with Crippen molar-refractivity contribution in [3.8, 4) is 5.69 Å². The highest BCUT2D eigenvalue weighted by molar-refractivity contribution is 5.96. The van der Waals surface area contributed by atoms with Crippen molar-refractivity contribution in [2.45, 2.75) is 13.0 Å². The van der Waals surface area contributed by atoms with Crippen LogP contribution in [0, 0.1) is 0 Å². The predicted molar refractivity (Wildman–Crippen MR) is 68.1 cm³/mol. The molecule has 0 aliphatic rings. The van der Waals surface area contributed by atoms with Crippen LogP contribution in [0.5, 0.6) is 0 Å². The fourth-order valence-corrected chi connectivity index (χ4v) is 1.55. The van der Waals surface area contributed by atoms with Crippen molar-refractivity contribution in [2.24, 2.45) is 0 Å². The van der Waals surface area contributed by atoms with Crippen LogP contribution in [-0.4, -0.2) is 32.8 Å². The Kier molecular flexibility index (Phi) is 3.61. The average molecular weight is 259 g/mol. The van der Waals surface area contributed by atoms with Gasteiger partial charge in [-0.1, -0.05) is 6.07 Å². The third kappa shape index (κ3) is 2.98. The molecule has 98 valence electrons. The summed E-state index contributed by atoms with van der Waals surface area (Å²) >= 11 is 0. The van der Waals surface area contributed by atoms with Gasteiger partial charge in [0.2, 0.25) is 0 Å². The standard InChI is InChI=1S/C13H13N3O3/c1-9(13(18)19)15-12(17)10-4-2-5-11(8-10)16-7-3-6-14-16/h2-9H,1H3,(H,15,17)(H,18,19)/t9-/m1/s1. The minimum atomic E-state index is -1.07. The van der Waals surface area contributed by atoms with Crippen molar-refractivity contribution in [3.63, 3.8) is 0 Å². The Bertz CT molecular complexity index is 593. The molecule has 2 N–H and O–H groups in total. The lowest BCUT2D eigenvalue weighted by Crippen LogP contribution is -2.38. The number of carbonyl (C=O) groups excluding carboxylic acids is 1. The average Bonchev–Trinajstić information content (AvgIpc) is 2.92. The molecule has 0 aliphatic carbocycles. The van der Waals surface area contributed by atoms with Crippen molar-refractivity contribution in [3.05, 3.63) is 48.3 Å². The molecule has 0 saturated carbocycles. The summed E-state index contributed by atoms with van der Waals surface area (Å²) in [6.45, 7) is 1.41. The molecule has 0 fully saturated rings. The SMILES string of the molecule is C[C@@H](NC(=O)c1cccc(-n2cccn2)c1)C(=O)O. The molecule has 2 aromatic rings. The molecule has 0 radical (unpaired) electrons.